The smallest absolute Gasteiger partial charge is 0.307 e. The maximum atomic E-state index is 12.1. The van der Waals surface area contributed by atoms with Crippen molar-refractivity contribution < 1.29 is 19.1 Å². The molecule has 0 atom stereocenters. The number of phenols is 1. The third-order valence-electron chi connectivity index (χ3n) is 3.30. The number of rotatable bonds is 4. The Balaban J connectivity index is 1.75. The molecule has 0 aliphatic carbocycles. The number of aromatic hydroxyl groups is 1. The fraction of sp³-hybridized carbons (Fsp3) is 0.0588. The Kier molecular flexibility index (Phi) is 4.70. The molecule has 0 spiro atoms. The van der Waals surface area contributed by atoms with Gasteiger partial charge in [-0.3, -0.25) is 4.79 Å². The predicted molar refractivity (Wildman–Crippen MR) is 98.7 cm³/mol. The van der Waals surface area contributed by atoms with Gasteiger partial charge < -0.3 is 14.3 Å². The van der Waals surface area contributed by atoms with Crippen molar-refractivity contribution in [3.05, 3.63) is 57.4 Å². The highest BCUT2D eigenvalue weighted by atomic mass is 127. The van der Waals surface area contributed by atoms with Crippen LogP contribution < -0.4 is 10.2 Å². The van der Waals surface area contributed by atoms with Crippen LogP contribution in [0.15, 0.2) is 52.0 Å². The van der Waals surface area contributed by atoms with E-state index in [2.05, 4.69) is 10.5 Å². The van der Waals surface area contributed by atoms with E-state index < -0.39 is 5.91 Å². The number of methoxy groups -OCH3 is 1. The summed E-state index contributed by atoms with van der Waals surface area (Å²) in [7, 11) is 1.54. The Morgan fingerprint density at radius 2 is 2.17 bits per heavy atom. The third-order valence-corrected chi connectivity index (χ3v) is 4.17. The number of hydrogen-bond acceptors (Lipinski definition) is 5. The van der Waals surface area contributed by atoms with E-state index in [4.69, 9.17) is 9.15 Å². The lowest BCUT2D eigenvalue weighted by atomic mass is 10.2. The first kappa shape index (κ1) is 16.3. The first-order valence-electron chi connectivity index (χ1n) is 6.97. The first-order valence-corrected chi connectivity index (χ1v) is 8.05. The molecule has 0 saturated heterocycles. The van der Waals surface area contributed by atoms with Crippen LogP contribution >= 0.6 is 22.6 Å². The van der Waals surface area contributed by atoms with Gasteiger partial charge in [0.1, 0.15) is 5.75 Å². The van der Waals surface area contributed by atoms with Crippen molar-refractivity contribution in [2.75, 3.05) is 7.11 Å². The molecule has 1 heterocycles. The summed E-state index contributed by atoms with van der Waals surface area (Å²) in [6, 6.07) is 12.1. The number of benzene rings is 2. The van der Waals surface area contributed by atoms with Crippen LogP contribution in [-0.4, -0.2) is 24.3 Å². The Morgan fingerprint density at radius 1 is 1.33 bits per heavy atom. The summed E-state index contributed by atoms with van der Waals surface area (Å²) in [5.41, 5.74) is 3.68. The summed E-state index contributed by atoms with van der Waals surface area (Å²) >= 11 is 2.01. The number of fused-ring (bicyclic) bond motifs is 1. The zero-order chi connectivity index (χ0) is 17.1. The Labute approximate surface area is 151 Å². The van der Waals surface area contributed by atoms with E-state index in [1.807, 2.05) is 34.7 Å². The largest absolute Gasteiger partial charge is 0.507 e. The Morgan fingerprint density at radius 3 is 2.92 bits per heavy atom. The highest BCUT2D eigenvalue weighted by Crippen LogP contribution is 2.28. The average Bonchev–Trinajstić information content (AvgIpc) is 3.02. The van der Waals surface area contributed by atoms with Crippen LogP contribution in [0, 0.1) is 3.57 Å². The van der Waals surface area contributed by atoms with E-state index in [1.165, 1.54) is 6.21 Å². The minimum absolute atomic E-state index is 0.145. The molecule has 3 aromatic rings. The lowest BCUT2D eigenvalue weighted by Crippen LogP contribution is -2.16. The molecule has 1 aromatic heterocycles. The minimum Gasteiger partial charge on any atom is -0.507 e. The maximum Gasteiger partial charge on any atom is 0.307 e. The molecule has 2 aromatic carbocycles. The zero-order valence-corrected chi connectivity index (χ0v) is 14.8. The van der Waals surface area contributed by atoms with Crippen molar-refractivity contribution >= 4 is 45.7 Å². The van der Waals surface area contributed by atoms with Gasteiger partial charge in [-0.1, -0.05) is 12.1 Å². The van der Waals surface area contributed by atoms with Gasteiger partial charge in [0.15, 0.2) is 17.1 Å². The van der Waals surface area contributed by atoms with Gasteiger partial charge >= 0.3 is 5.91 Å². The van der Waals surface area contributed by atoms with Crippen LogP contribution in [0.3, 0.4) is 0 Å². The van der Waals surface area contributed by atoms with Crippen LogP contribution in [0.2, 0.25) is 0 Å². The van der Waals surface area contributed by atoms with E-state index >= 15 is 0 Å². The van der Waals surface area contributed by atoms with Crippen molar-refractivity contribution in [1.82, 2.24) is 5.43 Å². The summed E-state index contributed by atoms with van der Waals surface area (Å²) in [4.78, 5) is 12.1. The Hall–Kier alpha value is -2.55. The van der Waals surface area contributed by atoms with Gasteiger partial charge in [-0.25, -0.2) is 5.43 Å². The topological polar surface area (TPSA) is 84.1 Å². The number of furan rings is 1. The van der Waals surface area contributed by atoms with Gasteiger partial charge in [0.25, 0.3) is 0 Å². The molecule has 0 fully saturated rings. The summed E-state index contributed by atoms with van der Waals surface area (Å²) < 4.78 is 11.4. The summed E-state index contributed by atoms with van der Waals surface area (Å²) in [5, 5.41) is 14.1. The third kappa shape index (κ3) is 3.35. The standard InChI is InChI=1S/C17H13IN2O4/c1-23-14-4-2-3-11-8-15(24-16(11)14)17(22)20-19-9-10-5-6-13(21)12(18)7-10/h2-9,21H,1H3,(H,20,22)/b19-9-. The van der Waals surface area contributed by atoms with Crippen molar-refractivity contribution in [3.8, 4) is 11.5 Å². The fourth-order valence-electron chi connectivity index (χ4n) is 2.13. The predicted octanol–water partition coefficient (Wildman–Crippen LogP) is 3.52. The monoisotopic (exact) mass is 436 g/mol. The van der Waals surface area contributed by atoms with E-state index in [9.17, 15) is 9.90 Å². The molecule has 0 saturated carbocycles. The molecule has 2 N–H and O–H groups in total. The number of amides is 1. The molecule has 0 aliphatic heterocycles. The first-order chi connectivity index (χ1) is 11.6. The fourth-order valence-corrected chi connectivity index (χ4v) is 2.67. The van der Waals surface area contributed by atoms with Gasteiger partial charge in [-0.05, 0) is 58.5 Å². The van der Waals surface area contributed by atoms with E-state index in [-0.39, 0.29) is 11.5 Å². The van der Waals surface area contributed by atoms with Crippen molar-refractivity contribution in [2.45, 2.75) is 0 Å². The quantitative estimate of drug-likeness (QED) is 0.373. The number of phenolic OH excluding ortho intramolecular Hbond substituents is 1. The van der Waals surface area contributed by atoms with Gasteiger partial charge in [0.2, 0.25) is 0 Å². The van der Waals surface area contributed by atoms with Crippen molar-refractivity contribution in [2.24, 2.45) is 5.10 Å². The number of hydrogen-bond donors (Lipinski definition) is 2. The SMILES string of the molecule is COc1cccc2cc(C(=O)N/N=C\c3ccc(O)c(I)c3)oc12. The van der Waals surface area contributed by atoms with Gasteiger partial charge in [0.05, 0.1) is 16.9 Å². The molecule has 3 rings (SSSR count). The summed E-state index contributed by atoms with van der Waals surface area (Å²) in [6.07, 6.45) is 1.49. The average molecular weight is 436 g/mol. The number of nitrogens with zero attached hydrogens (tertiary/aromatic N) is 1. The van der Waals surface area contributed by atoms with E-state index in [1.54, 1.807) is 37.4 Å². The highest BCUT2D eigenvalue weighted by molar-refractivity contribution is 14.1. The lowest BCUT2D eigenvalue weighted by molar-refractivity contribution is 0.0929. The summed E-state index contributed by atoms with van der Waals surface area (Å²) in [6.45, 7) is 0. The van der Waals surface area contributed by atoms with E-state index in [0.29, 0.717) is 14.9 Å². The summed E-state index contributed by atoms with van der Waals surface area (Å²) in [5.74, 6) is 0.451. The van der Waals surface area contributed by atoms with Gasteiger partial charge in [0, 0.05) is 5.39 Å². The number of carbonyl (C=O) groups excluding carboxylic acids is 1. The maximum absolute atomic E-state index is 12.1. The lowest BCUT2D eigenvalue weighted by Gasteiger charge is -1.99. The molecule has 0 radical (unpaired) electrons. The number of para-hydroxylation sites is 1. The molecule has 122 valence electrons. The van der Waals surface area contributed by atoms with Gasteiger partial charge in [-0.2, -0.15) is 5.10 Å². The number of halogens is 1. The van der Waals surface area contributed by atoms with Crippen LogP contribution in [0.25, 0.3) is 11.0 Å². The molecule has 0 aliphatic rings. The molecule has 6 nitrogen and oxygen atoms in total. The molecule has 7 heteroatoms. The second kappa shape index (κ2) is 6.91. The number of hydrazone groups is 1. The van der Waals surface area contributed by atoms with Crippen LogP contribution in [0.5, 0.6) is 11.5 Å². The van der Waals surface area contributed by atoms with Gasteiger partial charge in [-0.15, -0.1) is 0 Å². The molecule has 24 heavy (non-hydrogen) atoms. The molecular weight excluding hydrogens is 423 g/mol. The zero-order valence-electron chi connectivity index (χ0n) is 12.6. The van der Waals surface area contributed by atoms with Crippen molar-refractivity contribution in [3.63, 3.8) is 0 Å². The molecular formula is C17H13IN2O4. The second-order valence-electron chi connectivity index (χ2n) is 4.90. The number of carbonyl (C=O) groups is 1. The Bertz CT molecular complexity index is 933. The molecule has 1 amide bonds. The molecule has 0 bridgehead atoms. The highest BCUT2D eigenvalue weighted by Gasteiger charge is 2.14. The minimum atomic E-state index is -0.460. The van der Waals surface area contributed by atoms with Crippen LogP contribution in [0.1, 0.15) is 16.1 Å². The second-order valence-corrected chi connectivity index (χ2v) is 6.06. The van der Waals surface area contributed by atoms with Crippen LogP contribution in [0.4, 0.5) is 0 Å². The number of ether oxygens (including phenoxy) is 1. The van der Waals surface area contributed by atoms with Crippen molar-refractivity contribution in [1.29, 1.82) is 0 Å². The normalized spacial score (nSPS) is 11.1. The number of nitrogens with one attached hydrogen (secondary N) is 1. The molecule has 0 unspecified atom stereocenters. The van der Waals surface area contributed by atoms with Crippen LogP contribution in [-0.2, 0) is 0 Å². The van der Waals surface area contributed by atoms with E-state index in [0.717, 1.165) is 10.9 Å².